The minimum atomic E-state index is 0.386. The second kappa shape index (κ2) is 5.50. The maximum atomic E-state index is 3.66. The quantitative estimate of drug-likeness (QED) is 0.796. The molecule has 2 heteroatoms. The van der Waals surface area contributed by atoms with Crippen molar-refractivity contribution in [1.82, 2.24) is 10.2 Å². The van der Waals surface area contributed by atoms with Gasteiger partial charge in [-0.3, -0.25) is 4.90 Å². The third-order valence-corrected chi connectivity index (χ3v) is 4.37. The normalized spacial score (nSPS) is 27.8. The fraction of sp³-hybridized carbons (Fsp3) is 1.00. The first-order valence-electron chi connectivity index (χ1n) is 6.83. The lowest BCUT2D eigenvalue weighted by atomic mass is 9.85. The molecule has 0 aromatic carbocycles. The molecular weight excluding hydrogens is 196 g/mol. The molecule has 1 aliphatic heterocycles. The van der Waals surface area contributed by atoms with Gasteiger partial charge in [-0.15, -0.1) is 0 Å². The molecule has 0 radical (unpaired) electrons. The molecule has 96 valence electrons. The molecule has 0 bridgehead atoms. The van der Waals surface area contributed by atoms with Crippen molar-refractivity contribution >= 4 is 0 Å². The summed E-state index contributed by atoms with van der Waals surface area (Å²) in [4.78, 5) is 2.66. The van der Waals surface area contributed by atoms with E-state index in [1.807, 2.05) is 0 Å². The van der Waals surface area contributed by atoms with Crippen molar-refractivity contribution in [2.45, 2.75) is 60.0 Å². The monoisotopic (exact) mass is 226 g/mol. The molecule has 3 atom stereocenters. The van der Waals surface area contributed by atoms with E-state index < -0.39 is 0 Å². The van der Waals surface area contributed by atoms with Crippen molar-refractivity contribution in [1.29, 1.82) is 0 Å². The van der Waals surface area contributed by atoms with Gasteiger partial charge in [-0.25, -0.2) is 0 Å². The van der Waals surface area contributed by atoms with Gasteiger partial charge in [0.2, 0.25) is 0 Å². The fourth-order valence-corrected chi connectivity index (χ4v) is 2.37. The maximum absolute atomic E-state index is 3.66. The molecule has 1 heterocycles. The molecular formula is C14H30N2. The van der Waals surface area contributed by atoms with Crippen molar-refractivity contribution in [3.63, 3.8) is 0 Å². The van der Waals surface area contributed by atoms with E-state index in [1.165, 1.54) is 19.5 Å². The number of piperazine rings is 1. The van der Waals surface area contributed by atoms with Crippen molar-refractivity contribution in [2.24, 2.45) is 11.3 Å². The summed E-state index contributed by atoms with van der Waals surface area (Å²) in [7, 11) is 0. The van der Waals surface area contributed by atoms with Gasteiger partial charge in [0.1, 0.15) is 0 Å². The first-order chi connectivity index (χ1) is 7.36. The Morgan fingerprint density at radius 3 is 2.44 bits per heavy atom. The van der Waals surface area contributed by atoms with Crippen molar-refractivity contribution < 1.29 is 0 Å². The standard InChI is InChI=1S/C14H30N2/c1-7-11(2)13-10-16(9-8-15-13)12(3)14(4,5)6/h11-13,15H,7-10H2,1-6H3. The molecule has 1 aliphatic rings. The van der Waals surface area contributed by atoms with E-state index in [0.29, 0.717) is 17.5 Å². The Labute approximate surface area is 102 Å². The molecule has 0 amide bonds. The van der Waals surface area contributed by atoms with E-state index >= 15 is 0 Å². The minimum Gasteiger partial charge on any atom is -0.311 e. The van der Waals surface area contributed by atoms with E-state index in [-0.39, 0.29) is 0 Å². The van der Waals surface area contributed by atoms with E-state index in [2.05, 4.69) is 51.8 Å². The zero-order valence-electron chi connectivity index (χ0n) is 12.0. The lowest BCUT2D eigenvalue weighted by Crippen LogP contribution is -2.57. The van der Waals surface area contributed by atoms with Crippen LogP contribution in [0.2, 0.25) is 0 Å². The predicted octanol–water partition coefficient (Wildman–Crippen LogP) is 2.74. The first-order valence-corrected chi connectivity index (χ1v) is 6.83. The van der Waals surface area contributed by atoms with Gasteiger partial charge in [-0.2, -0.15) is 0 Å². The summed E-state index contributed by atoms with van der Waals surface area (Å²) >= 11 is 0. The van der Waals surface area contributed by atoms with Gasteiger partial charge >= 0.3 is 0 Å². The smallest absolute Gasteiger partial charge is 0.0221 e. The van der Waals surface area contributed by atoms with Crippen LogP contribution in [-0.2, 0) is 0 Å². The van der Waals surface area contributed by atoms with Crippen LogP contribution in [0.1, 0.15) is 48.0 Å². The lowest BCUT2D eigenvalue weighted by molar-refractivity contribution is 0.0701. The topological polar surface area (TPSA) is 15.3 Å². The number of nitrogens with zero attached hydrogens (tertiary/aromatic N) is 1. The molecule has 3 unspecified atom stereocenters. The van der Waals surface area contributed by atoms with Crippen LogP contribution in [0.25, 0.3) is 0 Å². The second-order valence-corrected chi connectivity index (χ2v) is 6.48. The van der Waals surface area contributed by atoms with Gasteiger partial charge in [0.05, 0.1) is 0 Å². The largest absolute Gasteiger partial charge is 0.311 e. The van der Waals surface area contributed by atoms with E-state index in [0.717, 1.165) is 12.5 Å². The van der Waals surface area contributed by atoms with E-state index in [9.17, 15) is 0 Å². The highest BCUT2D eigenvalue weighted by molar-refractivity contribution is 4.88. The van der Waals surface area contributed by atoms with Gasteiger partial charge in [0.15, 0.2) is 0 Å². The van der Waals surface area contributed by atoms with Crippen molar-refractivity contribution in [3.05, 3.63) is 0 Å². The average molecular weight is 226 g/mol. The van der Waals surface area contributed by atoms with Gasteiger partial charge < -0.3 is 5.32 Å². The van der Waals surface area contributed by atoms with Gasteiger partial charge in [-0.1, -0.05) is 41.0 Å². The summed E-state index contributed by atoms with van der Waals surface area (Å²) in [5, 5.41) is 3.66. The summed E-state index contributed by atoms with van der Waals surface area (Å²) in [5.41, 5.74) is 0.386. The van der Waals surface area contributed by atoms with Crippen LogP contribution in [0.4, 0.5) is 0 Å². The van der Waals surface area contributed by atoms with Crippen LogP contribution in [-0.4, -0.2) is 36.6 Å². The zero-order valence-corrected chi connectivity index (χ0v) is 12.0. The summed E-state index contributed by atoms with van der Waals surface area (Å²) in [6.45, 7) is 17.6. The number of nitrogens with one attached hydrogen (secondary N) is 1. The Morgan fingerprint density at radius 2 is 1.94 bits per heavy atom. The molecule has 1 saturated heterocycles. The zero-order chi connectivity index (χ0) is 12.3. The van der Waals surface area contributed by atoms with Crippen LogP contribution >= 0.6 is 0 Å². The Morgan fingerprint density at radius 1 is 1.31 bits per heavy atom. The number of hydrogen-bond acceptors (Lipinski definition) is 2. The molecule has 0 aliphatic carbocycles. The lowest BCUT2D eigenvalue weighted by Gasteiger charge is -2.44. The van der Waals surface area contributed by atoms with Gasteiger partial charge in [0, 0.05) is 31.7 Å². The summed E-state index contributed by atoms with van der Waals surface area (Å²) in [5.74, 6) is 0.787. The first kappa shape index (κ1) is 14.0. The maximum Gasteiger partial charge on any atom is 0.0221 e. The number of rotatable bonds is 3. The Balaban J connectivity index is 2.57. The molecule has 1 fully saturated rings. The van der Waals surface area contributed by atoms with Crippen LogP contribution in [0.5, 0.6) is 0 Å². The van der Waals surface area contributed by atoms with Gasteiger partial charge in [-0.05, 0) is 18.3 Å². The van der Waals surface area contributed by atoms with E-state index in [4.69, 9.17) is 0 Å². The van der Waals surface area contributed by atoms with Crippen LogP contribution in [0, 0.1) is 11.3 Å². The highest BCUT2D eigenvalue weighted by Gasteiger charge is 2.31. The van der Waals surface area contributed by atoms with Crippen molar-refractivity contribution in [3.8, 4) is 0 Å². The molecule has 0 aromatic heterocycles. The van der Waals surface area contributed by atoms with Crippen molar-refractivity contribution in [2.75, 3.05) is 19.6 Å². The predicted molar refractivity (Wildman–Crippen MR) is 71.7 cm³/mol. The Hall–Kier alpha value is -0.0800. The third-order valence-electron chi connectivity index (χ3n) is 4.37. The Bertz CT molecular complexity index is 207. The summed E-state index contributed by atoms with van der Waals surface area (Å²) < 4.78 is 0. The fourth-order valence-electron chi connectivity index (χ4n) is 2.37. The highest BCUT2D eigenvalue weighted by Crippen LogP contribution is 2.25. The highest BCUT2D eigenvalue weighted by atomic mass is 15.2. The third kappa shape index (κ3) is 3.46. The average Bonchev–Trinajstić information content (AvgIpc) is 2.26. The van der Waals surface area contributed by atoms with E-state index in [1.54, 1.807) is 0 Å². The minimum absolute atomic E-state index is 0.386. The molecule has 0 aromatic rings. The summed E-state index contributed by atoms with van der Waals surface area (Å²) in [6.07, 6.45) is 1.27. The molecule has 0 spiro atoms. The summed E-state index contributed by atoms with van der Waals surface area (Å²) in [6, 6.07) is 1.35. The molecule has 1 N–H and O–H groups in total. The number of hydrogen-bond donors (Lipinski definition) is 1. The molecule has 0 saturated carbocycles. The molecule has 16 heavy (non-hydrogen) atoms. The van der Waals surface area contributed by atoms with Gasteiger partial charge in [0.25, 0.3) is 0 Å². The second-order valence-electron chi connectivity index (χ2n) is 6.48. The SMILES string of the molecule is CCC(C)C1CN(C(C)C(C)(C)C)CCN1. The van der Waals surface area contributed by atoms with Crippen LogP contribution in [0.15, 0.2) is 0 Å². The van der Waals surface area contributed by atoms with Crippen LogP contribution in [0.3, 0.4) is 0 Å². The molecule has 1 rings (SSSR count). The Kier molecular flexibility index (Phi) is 4.81. The van der Waals surface area contributed by atoms with Crippen LogP contribution < -0.4 is 5.32 Å². The molecule has 2 nitrogen and oxygen atoms in total.